The summed E-state index contributed by atoms with van der Waals surface area (Å²) in [5.41, 5.74) is 1.45. The summed E-state index contributed by atoms with van der Waals surface area (Å²) >= 11 is 6.44. The highest BCUT2D eigenvalue weighted by molar-refractivity contribution is 6.34. The van der Waals surface area contributed by atoms with Crippen LogP contribution in [0, 0.1) is 6.92 Å². The number of nitrogens with one attached hydrogen (secondary N) is 2. The first kappa shape index (κ1) is 31.7. The largest absolute Gasteiger partial charge is 0.508 e. The lowest BCUT2D eigenvalue weighted by Crippen LogP contribution is -2.57. The number of phenols is 2. The number of hydrogen-bond donors (Lipinski definition) is 4. The molecule has 2 unspecified atom stereocenters. The Morgan fingerprint density at radius 1 is 1.00 bits per heavy atom. The molecule has 10 heteroatoms. The molecule has 228 valence electrons. The molecule has 2 atom stereocenters. The number of hydrogen-bond acceptors (Lipinski definition) is 6. The van der Waals surface area contributed by atoms with Gasteiger partial charge in [0.1, 0.15) is 29.2 Å². The minimum absolute atomic E-state index is 0.0576. The van der Waals surface area contributed by atoms with Crippen LogP contribution in [0.1, 0.15) is 62.8 Å². The Kier molecular flexibility index (Phi) is 9.86. The number of aryl methyl sites for hydroxylation is 1. The van der Waals surface area contributed by atoms with Gasteiger partial charge in [0.2, 0.25) is 5.91 Å². The summed E-state index contributed by atoms with van der Waals surface area (Å²) < 4.78 is 5.48. The number of amides is 3. The second-order valence-electron chi connectivity index (χ2n) is 11.8. The monoisotopic (exact) mass is 607 g/mol. The standard InChI is InChI=1S/C33H38ClN3O6/c1-20-8-5-13-26(34)28(20)36-30(40)29(22-9-6-12-25(39)19-22)37(23-10-7-11-23)31(41)27(35-32(42)43-33(2,3)4)18-21-14-16-24(38)17-15-21/h5-6,8-9,12-17,19,23,27,29,38-39H,7,10-11,18H2,1-4H3,(H,35,42)(H,36,40). The Morgan fingerprint density at radius 3 is 2.26 bits per heavy atom. The van der Waals surface area contributed by atoms with E-state index in [1.807, 2.05) is 13.0 Å². The van der Waals surface area contributed by atoms with Crippen LogP contribution in [0.15, 0.2) is 66.7 Å². The minimum atomic E-state index is -1.15. The quantitative estimate of drug-likeness (QED) is 0.227. The first-order valence-electron chi connectivity index (χ1n) is 14.3. The summed E-state index contributed by atoms with van der Waals surface area (Å²) in [7, 11) is 0. The van der Waals surface area contributed by atoms with Crippen LogP contribution in [-0.4, -0.2) is 50.7 Å². The van der Waals surface area contributed by atoms with Gasteiger partial charge in [0.15, 0.2) is 0 Å². The molecule has 1 saturated carbocycles. The van der Waals surface area contributed by atoms with Gasteiger partial charge >= 0.3 is 6.09 Å². The Labute approximate surface area is 256 Å². The lowest BCUT2D eigenvalue weighted by atomic mass is 9.87. The number of ether oxygens (including phenoxy) is 1. The van der Waals surface area contributed by atoms with Crippen molar-refractivity contribution >= 4 is 35.2 Å². The first-order chi connectivity index (χ1) is 20.3. The van der Waals surface area contributed by atoms with Crippen LogP contribution in [0.25, 0.3) is 0 Å². The van der Waals surface area contributed by atoms with E-state index in [2.05, 4.69) is 10.6 Å². The van der Waals surface area contributed by atoms with Crippen LogP contribution in [0.5, 0.6) is 11.5 Å². The Balaban J connectivity index is 1.77. The fourth-order valence-corrected chi connectivity index (χ4v) is 5.26. The van der Waals surface area contributed by atoms with Gasteiger partial charge in [-0.15, -0.1) is 0 Å². The van der Waals surface area contributed by atoms with Crippen LogP contribution < -0.4 is 10.6 Å². The van der Waals surface area contributed by atoms with Crippen molar-refractivity contribution in [3.05, 3.63) is 88.4 Å². The fourth-order valence-electron chi connectivity index (χ4n) is 5.00. The van der Waals surface area contributed by atoms with Crippen LogP contribution >= 0.6 is 11.6 Å². The summed E-state index contributed by atoms with van der Waals surface area (Å²) in [4.78, 5) is 43.2. The molecule has 0 aliphatic heterocycles. The number of aromatic hydroxyl groups is 2. The normalized spacial score (nSPS) is 14.6. The van der Waals surface area contributed by atoms with Gasteiger partial charge in [-0.1, -0.05) is 48.0 Å². The Morgan fingerprint density at radius 2 is 1.67 bits per heavy atom. The molecule has 1 aliphatic rings. The molecule has 3 aromatic carbocycles. The molecule has 0 aromatic heterocycles. The van der Waals surface area contributed by atoms with Gasteiger partial charge in [-0.3, -0.25) is 9.59 Å². The third kappa shape index (κ3) is 8.20. The van der Waals surface area contributed by atoms with Crippen molar-refractivity contribution in [1.29, 1.82) is 0 Å². The van der Waals surface area contributed by atoms with Crippen molar-refractivity contribution in [3.8, 4) is 11.5 Å². The van der Waals surface area contributed by atoms with E-state index in [1.54, 1.807) is 57.2 Å². The molecule has 9 nitrogen and oxygen atoms in total. The number of alkyl carbamates (subject to hydrolysis) is 1. The van der Waals surface area contributed by atoms with Crippen molar-refractivity contribution < 1.29 is 29.3 Å². The number of phenolic OH excluding ortho intramolecular Hbond substituents is 2. The van der Waals surface area contributed by atoms with Crippen LogP contribution in [0.4, 0.5) is 10.5 Å². The molecule has 0 bridgehead atoms. The molecule has 0 radical (unpaired) electrons. The molecule has 0 saturated heterocycles. The highest BCUT2D eigenvalue weighted by Crippen LogP contribution is 2.36. The van der Waals surface area contributed by atoms with Crippen molar-refractivity contribution in [3.63, 3.8) is 0 Å². The number of carbonyl (C=O) groups is 3. The smallest absolute Gasteiger partial charge is 0.408 e. The summed E-state index contributed by atoms with van der Waals surface area (Å²) in [6.45, 7) is 6.99. The van der Waals surface area contributed by atoms with E-state index >= 15 is 0 Å². The molecule has 3 aromatic rings. The van der Waals surface area contributed by atoms with E-state index in [-0.39, 0.29) is 24.0 Å². The highest BCUT2D eigenvalue weighted by atomic mass is 35.5. The molecule has 1 aliphatic carbocycles. The van der Waals surface area contributed by atoms with E-state index in [0.717, 1.165) is 12.0 Å². The lowest BCUT2D eigenvalue weighted by molar-refractivity contribution is -0.145. The summed E-state index contributed by atoms with van der Waals surface area (Å²) in [5, 5.41) is 26.1. The van der Waals surface area contributed by atoms with Crippen molar-refractivity contribution in [2.75, 3.05) is 5.32 Å². The van der Waals surface area contributed by atoms with Crippen molar-refractivity contribution in [2.45, 2.75) is 77.1 Å². The SMILES string of the molecule is Cc1cccc(Cl)c1NC(=O)C(c1cccc(O)c1)N(C(=O)C(Cc1ccc(O)cc1)NC(=O)OC(C)(C)C)C1CCC1. The molecule has 0 heterocycles. The number of rotatable bonds is 9. The molecule has 43 heavy (non-hydrogen) atoms. The molecule has 4 N–H and O–H groups in total. The molecule has 4 rings (SSSR count). The number of anilines is 1. The Hall–Kier alpha value is -4.24. The van der Waals surface area contributed by atoms with Gasteiger partial charge in [0.25, 0.3) is 5.91 Å². The summed E-state index contributed by atoms with van der Waals surface area (Å²) in [5.74, 6) is -0.984. The maximum Gasteiger partial charge on any atom is 0.408 e. The molecule has 1 fully saturated rings. The maximum atomic E-state index is 14.6. The number of benzene rings is 3. The number of nitrogens with zero attached hydrogens (tertiary/aromatic N) is 1. The molecule has 3 amide bonds. The molecular formula is C33H38ClN3O6. The zero-order chi connectivity index (χ0) is 31.3. The van der Waals surface area contributed by atoms with Gasteiger partial charge in [-0.25, -0.2) is 4.79 Å². The predicted molar refractivity (Wildman–Crippen MR) is 165 cm³/mol. The minimum Gasteiger partial charge on any atom is -0.508 e. The van der Waals surface area contributed by atoms with Crippen LogP contribution in [0.2, 0.25) is 5.02 Å². The fraction of sp³-hybridized carbons (Fsp3) is 0.364. The Bertz CT molecular complexity index is 1450. The summed E-state index contributed by atoms with van der Waals surface area (Å²) in [6.07, 6.45) is 1.51. The third-order valence-corrected chi connectivity index (χ3v) is 7.59. The van der Waals surface area contributed by atoms with Gasteiger partial charge in [0, 0.05) is 12.5 Å². The van der Waals surface area contributed by atoms with E-state index in [0.29, 0.717) is 34.7 Å². The van der Waals surface area contributed by atoms with E-state index in [9.17, 15) is 24.6 Å². The van der Waals surface area contributed by atoms with E-state index in [4.69, 9.17) is 16.3 Å². The highest BCUT2D eigenvalue weighted by Gasteiger charge is 2.42. The van der Waals surface area contributed by atoms with Gasteiger partial charge < -0.3 is 30.5 Å². The van der Waals surface area contributed by atoms with Gasteiger partial charge in [-0.2, -0.15) is 0 Å². The average molecular weight is 608 g/mol. The number of halogens is 1. The second-order valence-corrected chi connectivity index (χ2v) is 12.2. The maximum absolute atomic E-state index is 14.6. The zero-order valence-electron chi connectivity index (χ0n) is 24.8. The van der Waals surface area contributed by atoms with Crippen LogP contribution in [-0.2, 0) is 20.7 Å². The molecule has 0 spiro atoms. The van der Waals surface area contributed by atoms with E-state index in [1.165, 1.54) is 29.2 Å². The topological polar surface area (TPSA) is 128 Å². The lowest BCUT2D eigenvalue weighted by Gasteiger charge is -2.43. The van der Waals surface area contributed by atoms with Gasteiger partial charge in [-0.05, 0) is 94.0 Å². The van der Waals surface area contributed by atoms with Gasteiger partial charge in [0.05, 0.1) is 10.7 Å². The van der Waals surface area contributed by atoms with E-state index < -0.39 is 35.6 Å². The molecular weight excluding hydrogens is 570 g/mol. The summed E-state index contributed by atoms with van der Waals surface area (Å²) in [6, 6.07) is 15.3. The second kappa shape index (κ2) is 13.4. The third-order valence-electron chi connectivity index (χ3n) is 7.27. The van der Waals surface area contributed by atoms with Crippen LogP contribution in [0.3, 0.4) is 0 Å². The number of para-hydroxylation sites is 1. The average Bonchev–Trinajstić information content (AvgIpc) is 2.89. The predicted octanol–water partition coefficient (Wildman–Crippen LogP) is 6.26. The zero-order valence-corrected chi connectivity index (χ0v) is 25.5. The van der Waals surface area contributed by atoms with Crippen molar-refractivity contribution in [1.82, 2.24) is 10.2 Å². The first-order valence-corrected chi connectivity index (χ1v) is 14.6. The number of carbonyl (C=O) groups excluding carboxylic acids is 3. The van der Waals surface area contributed by atoms with Crippen molar-refractivity contribution in [2.24, 2.45) is 0 Å².